The number of hydrogen-bond acceptors (Lipinski definition) is 6. The number of thioether (sulfide) groups is 1. The Balaban J connectivity index is 1.53. The van der Waals surface area contributed by atoms with Gasteiger partial charge in [0.15, 0.2) is 6.10 Å². The van der Waals surface area contributed by atoms with Crippen molar-refractivity contribution in [1.82, 2.24) is 10.2 Å². The number of amides is 1. The molecule has 2 aromatic carbocycles. The second-order valence-corrected chi connectivity index (χ2v) is 8.60. The lowest BCUT2D eigenvalue weighted by atomic mass is 10.3. The highest BCUT2D eigenvalue weighted by atomic mass is 127. The summed E-state index contributed by atoms with van der Waals surface area (Å²) in [5, 5.41) is 11.9. The zero-order chi connectivity index (χ0) is 20.1. The molecule has 1 atom stereocenters. The van der Waals surface area contributed by atoms with Crippen LogP contribution < -0.4 is 10.1 Å². The maximum Gasteiger partial charge on any atom is 0.277 e. The lowest BCUT2D eigenvalue weighted by Gasteiger charge is -2.12. The van der Waals surface area contributed by atoms with E-state index in [1.807, 2.05) is 24.3 Å². The SMILES string of the molecule is C[C@H](Oc1ccc(Cl)cc1Cl)c1nnc(SCC(=O)Nc2ccc(I)cc2)o1. The first-order valence-corrected chi connectivity index (χ1v) is 10.9. The first-order chi connectivity index (χ1) is 13.4. The van der Waals surface area contributed by atoms with Gasteiger partial charge >= 0.3 is 0 Å². The third-order valence-corrected chi connectivity index (χ3v) is 5.49. The molecule has 3 rings (SSSR count). The van der Waals surface area contributed by atoms with Gasteiger partial charge in [-0.3, -0.25) is 4.79 Å². The Hall–Kier alpha value is -1.49. The highest BCUT2D eigenvalue weighted by Crippen LogP contribution is 2.31. The van der Waals surface area contributed by atoms with Crippen molar-refractivity contribution in [2.24, 2.45) is 0 Å². The molecule has 1 heterocycles. The molecule has 6 nitrogen and oxygen atoms in total. The van der Waals surface area contributed by atoms with Crippen LogP contribution in [0.5, 0.6) is 5.75 Å². The summed E-state index contributed by atoms with van der Waals surface area (Å²) in [4.78, 5) is 12.0. The summed E-state index contributed by atoms with van der Waals surface area (Å²) < 4.78 is 12.4. The number of benzene rings is 2. The first kappa shape index (κ1) is 21.2. The maximum atomic E-state index is 12.0. The summed E-state index contributed by atoms with van der Waals surface area (Å²) in [6, 6.07) is 12.5. The monoisotopic (exact) mass is 549 g/mol. The predicted octanol–water partition coefficient (Wildman–Crippen LogP) is 5.85. The van der Waals surface area contributed by atoms with Crippen molar-refractivity contribution in [2.45, 2.75) is 18.3 Å². The second-order valence-electron chi connectivity index (χ2n) is 5.58. The molecular weight excluding hydrogens is 536 g/mol. The van der Waals surface area contributed by atoms with Crippen molar-refractivity contribution in [3.63, 3.8) is 0 Å². The predicted molar refractivity (Wildman–Crippen MR) is 118 cm³/mol. The number of nitrogens with zero attached hydrogens (tertiary/aromatic N) is 2. The smallest absolute Gasteiger partial charge is 0.277 e. The summed E-state index contributed by atoms with van der Waals surface area (Å²) in [5.41, 5.74) is 0.735. The number of ether oxygens (including phenoxy) is 1. The number of halogens is 3. The summed E-state index contributed by atoms with van der Waals surface area (Å²) in [5.74, 6) is 0.726. The quantitative estimate of drug-likeness (QED) is 0.294. The van der Waals surface area contributed by atoms with Crippen molar-refractivity contribution >= 4 is 69.1 Å². The van der Waals surface area contributed by atoms with Crippen LogP contribution in [0.2, 0.25) is 10.0 Å². The van der Waals surface area contributed by atoms with Gasteiger partial charge < -0.3 is 14.5 Å². The number of carbonyl (C=O) groups is 1. The van der Waals surface area contributed by atoms with Crippen LogP contribution in [-0.2, 0) is 4.79 Å². The second kappa shape index (κ2) is 9.82. The van der Waals surface area contributed by atoms with E-state index in [2.05, 4.69) is 38.1 Å². The number of rotatable bonds is 7. The Morgan fingerprint density at radius 1 is 1.25 bits per heavy atom. The van der Waals surface area contributed by atoms with Crippen LogP contribution in [0.15, 0.2) is 52.1 Å². The van der Waals surface area contributed by atoms with Gasteiger partial charge in [-0.15, -0.1) is 10.2 Å². The van der Waals surface area contributed by atoms with Crippen LogP contribution >= 0.6 is 57.6 Å². The van der Waals surface area contributed by atoms with E-state index >= 15 is 0 Å². The molecule has 10 heteroatoms. The van der Waals surface area contributed by atoms with Gasteiger partial charge in [-0.05, 0) is 72.0 Å². The fourth-order valence-electron chi connectivity index (χ4n) is 2.11. The van der Waals surface area contributed by atoms with Crippen LogP contribution in [0.4, 0.5) is 5.69 Å². The lowest BCUT2D eigenvalue weighted by molar-refractivity contribution is -0.113. The molecule has 0 unspecified atom stereocenters. The summed E-state index contributed by atoms with van der Waals surface area (Å²) in [6.45, 7) is 1.76. The number of nitrogens with one attached hydrogen (secondary N) is 1. The number of anilines is 1. The van der Waals surface area contributed by atoms with Gasteiger partial charge in [-0.1, -0.05) is 35.0 Å². The molecule has 0 radical (unpaired) electrons. The Morgan fingerprint density at radius 2 is 2.00 bits per heavy atom. The average Bonchev–Trinajstić information content (AvgIpc) is 3.13. The van der Waals surface area contributed by atoms with Crippen LogP contribution in [0.3, 0.4) is 0 Å². The molecule has 0 aliphatic heterocycles. The van der Waals surface area contributed by atoms with Crippen LogP contribution in [0, 0.1) is 3.57 Å². The van der Waals surface area contributed by atoms with E-state index in [1.165, 1.54) is 0 Å². The van der Waals surface area contributed by atoms with Crippen molar-refractivity contribution in [1.29, 1.82) is 0 Å². The van der Waals surface area contributed by atoms with Gasteiger partial charge in [0.2, 0.25) is 5.91 Å². The standard InChI is InChI=1S/C18H14Cl2IN3O3S/c1-10(26-15-7-2-11(19)8-14(15)20)17-23-24-18(27-17)28-9-16(25)22-13-5-3-12(21)4-6-13/h2-8,10H,9H2,1H3,(H,22,25)/t10-/m0/s1. The zero-order valence-corrected chi connectivity index (χ0v) is 19.0. The molecule has 146 valence electrons. The molecule has 0 aliphatic carbocycles. The molecule has 1 aromatic heterocycles. The van der Waals surface area contributed by atoms with E-state index in [0.29, 0.717) is 15.8 Å². The fourth-order valence-corrected chi connectivity index (χ4v) is 3.49. The average molecular weight is 550 g/mol. The Bertz CT molecular complexity index is 969. The van der Waals surface area contributed by atoms with Gasteiger partial charge in [0.1, 0.15) is 5.75 Å². The van der Waals surface area contributed by atoms with Crippen molar-refractivity contribution < 1.29 is 13.9 Å². The Labute approximate surface area is 189 Å². The molecule has 3 aromatic rings. The number of hydrogen-bond donors (Lipinski definition) is 1. The molecule has 0 bridgehead atoms. The van der Waals surface area contributed by atoms with Gasteiger partial charge in [0, 0.05) is 14.3 Å². The molecule has 0 saturated carbocycles. The Morgan fingerprint density at radius 3 is 2.71 bits per heavy atom. The topological polar surface area (TPSA) is 77.2 Å². The van der Waals surface area contributed by atoms with E-state index in [-0.39, 0.29) is 22.8 Å². The summed E-state index contributed by atoms with van der Waals surface area (Å²) >= 11 is 15.3. The van der Waals surface area contributed by atoms with Crippen LogP contribution in [0.1, 0.15) is 18.9 Å². The van der Waals surface area contributed by atoms with E-state index in [9.17, 15) is 4.79 Å². The zero-order valence-electron chi connectivity index (χ0n) is 14.5. The molecule has 1 amide bonds. The molecule has 0 spiro atoms. The lowest BCUT2D eigenvalue weighted by Crippen LogP contribution is -2.13. The van der Waals surface area contributed by atoms with E-state index in [4.69, 9.17) is 32.4 Å². The van der Waals surface area contributed by atoms with Crippen molar-refractivity contribution in [2.75, 3.05) is 11.1 Å². The normalized spacial score (nSPS) is 11.9. The van der Waals surface area contributed by atoms with Gasteiger partial charge in [-0.25, -0.2) is 0 Å². The largest absolute Gasteiger partial charge is 0.479 e. The van der Waals surface area contributed by atoms with E-state index in [0.717, 1.165) is 21.0 Å². The van der Waals surface area contributed by atoms with Gasteiger partial charge in [0.05, 0.1) is 10.8 Å². The van der Waals surface area contributed by atoms with Crippen LogP contribution in [-0.4, -0.2) is 21.9 Å². The summed E-state index contributed by atoms with van der Waals surface area (Å²) in [6.07, 6.45) is -0.513. The van der Waals surface area contributed by atoms with E-state index in [1.54, 1.807) is 25.1 Å². The van der Waals surface area contributed by atoms with Gasteiger partial charge in [0.25, 0.3) is 11.1 Å². The minimum Gasteiger partial charge on any atom is -0.479 e. The highest BCUT2D eigenvalue weighted by Gasteiger charge is 2.18. The summed E-state index contributed by atoms with van der Waals surface area (Å²) in [7, 11) is 0. The molecule has 0 aliphatic rings. The van der Waals surface area contributed by atoms with Gasteiger partial charge in [-0.2, -0.15) is 0 Å². The third kappa shape index (κ3) is 6.00. The molecule has 1 N–H and O–H groups in total. The van der Waals surface area contributed by atoms with Crippen molar-refractivity contribution in [3.8, 4) is 5.75 Å². The van der Waals surface area contributed by atoms with Crippen molar-refractivity contribution in [3.05, 3.63) is 62.0 Å². The molecule has 0 fully saturated rings. The van der Waals surface area contributed by atoms with Crippen LogP contribution in [0.25, 0.3) is 0 Å². The number of aromatic nitrogens is 2. The van der Waals surface area contributed by atoms with E-state index < -0.39 is 6.10 Å². The fraction of sp³-hybridized carbons (Fsp3) is 0.167. The molecule has 28 heavy (non-hydrogen) atoms. The maximum absolute atomic E-state index is 12.0. The third-order valence-electron chi connectivity index (χ3n) is 3.42. The molecule has 0 saturated heterocycles. The Kier molecular flexibility index (Phi) is 7.44. The highest BCUT2D eigenvalue weighted by molar-refractivity contribution is 14.1. The first-order valence-electron chi connectivity index (χ1n) is 8.04. The minimum absolute atomic E-state index is 0.145. The minimum atomic E-state index is -0.513. The number of carbonyl (C=O) groups excluding carboxylic acids is 1. The molecular formula is C18H14Cl2IN3O3S.